The fourth-order valence-electron chi connectivity index (χ4n) is 1.52. The summed E-state index contributed by atoms with van der Waals surface area (Å²) in [5, 5.41) is 10.3. The van der Waals surface area contributed by atoms with Crippen molar-refractivity contribution in [3.05, 3.63) is 41.7 Å². The molecule has 6 nitrogen and oxygen atoms in total. The van der Waals surface area contributed by atoms with Gasteiger partial charge in [0.15, 0.2) is 0 Å². The first-order valence-electron chi connectivity index (χ1n) is 5.65. The molecule has 0 atom stereocenters. The highest BCUT2D eigenvalue weighted by Crippen LogP contribution is 2.12. The molecule has 0 fully saturated rings. The molecule has 0 aliphatic heterocycles. The Labute approximate surface area is 105 Å². The summed E-state index contributed by atoms with van der Waals surface area (Å²) < 4.78 is 1.66. The van der Waals surface area contributed by atoms with Gasteiger partial charge >= 0.3 is 0 Å². The topological polar surface area (TPSA) is 85.8 Å². The Balaban J connectivity index is 1.89. The van der Waals surface area contributed by atoms with E-state index in [9.17, 15) is 4.79 Å². The highest BCUT2D eigenvalue weighted by Gasteiger charge is 2.06. The number of aryl methyl sites for hydroxylation is 1. The van der Waals surface area contributed by atoms with E-state index in [1.165, 1.54) is 0 Å². The summed E-state index contributed by atoms with van der Waals surface area (Å²) >= 11 is 0. The largest absolute Gasteiger partial charge is 0.398 e. The number of nitrogens with zero attached hydrogens (tertiary/aromatic N) is 3. The van der Waals surface area contributed by atoms with E-state index in [1.807, 2.05) is 13.0 Å². The first-order valence-corrected chi connectivity index (χ1v) is 5.65. The van der Waals surface area contributed by atoms with Gasteiger partial charge in [-0.2, -0.15) is 0 Å². The van der Waals surface area contributed by atoms with Gasteiger partial charge < -0.3 is 11.1 Å². The standard InChI is InChI=1S/C12H15N5O/c1-9-2-3-10(8-11(9)13)12(18)14-4-6-17-7-5-15-16-17/h2-3,5,7-8H,4,6,13H2,1H3,(H,14,18). The maximum atomic E-state index is 11.8. The molecule has 3 N–H and O–H groups in total. The number of nitrogens with one attached hydrogen (secondary N) is 1. The summed E-state index contributed by atoms with van der Waals surface area (Å²) in [5.74, 6) is -0.137. The highest BCUT2D eigenvalue weighted by molar-refractivity contribution is 5.95. The van der Waals surface area contributed by atoms with Crippen molar-refractivity contribution in [1.29, 1.82) is 0 Å². The molecule has 94 valence electrons. The Morgan fingerprint density at radius 1 is 1.50 bits per heavy atom. The van der Waals surface area contributed by atoms with Crippen molar-refractivity contribution >= 4 is 11.6 Å². The Morgan fingerprint density at radius 2 is 2.33 bits per heavy atom. The molecule has 1 aromatic heterocycles. The van der Waals surface area contributed by atoms with Gasteiger partial charge in [-0.15, -0.1) is 5.10 Å². The van der Waals surface area contributed by atoms with Crippen molar-refractivity contribution < 1.29 is 4.79 Å². The van der Waals surface area contributed by atoms with Gasteiger partial charge in [-0.3, -0.25) is 9.48 Å². The Hall–Kier alpha value is -2.37. The normalized spacial score (nSPS) is 10.3. The number of anilines is 1. The maximum Gasteiger partial charge on any atom is 0.251 e. The summed E-state index contributed by atoms with van der Waals surface area (Å²) in [7, 11) is 0. The molecule has 0 saturated heterocycles. The Bertz CT molecular complexity index is 535. The lowest BCUT2D eigenvalue weighted by Crippen LogP contribution is -2.27. The fourth-order valence-corrected chi connectivity index (χ4v) is 1.52. The first kappa shape index (κ1) is 12.1. The molecule has 1 heterocycles. The second-order valence-electron chi connectivity index (χ2n) is 3.99. The van der Waals surface area contributed by atoms with Crippen molar-refractivity contribution in [2.75, 3.05) is 12.3 Å². The third-order valence-electron chi connectivity index (χ3n) is 2.64. The van der Waals surface area contributed by atoms with Crippen LogP contribution in [0, 0.1) is 6.92 Å². The molecule has 1 aromatic carbocycles. The Morgan fingerprint density at radius 3 is 3.00 bits per heavy atom. The smallest absolute Gasteiger partial charge is 0.251 e. The number of hydrogen-bond donors (Lipinski definition) is 2. The number of carbonyl (C=O) groups is 1. The molecule has 2 aromatic rings. The maximum absolute atomic E-state index is 11.8. The quantitative estimate of drug-likeness (QED) is 0.772. The molecule has 0 radical (unpaired) electrons. The predicted molar refractivity (Wildman–Crippen MR) is 67.9 cm³/mol. The lowest BCUT2D eigenvalue weighted by Gasteiger charge is -2.07. The third-order valence-corrected chi connectivity index (χ3v) is 2.64. The lowest BCUT2D eigenvalue weighted by atomic mass is 10.1. The summed E-state index contributed by atoms with van der Waals surface area (Å²) in [4.78, 5) is 11.8. The average molecular weight is 245 g/mol. The van der Waals surface area contributed by atoms with Crippen LogP contribution >= 0.6 is 0 Å². The van der Waals surface area contributed by atoms with E-state index in [2.05, 4.69) is 15.6 Å². The molecule has 0 saturated carbocycles. The summed E-state index contributed by atoms with van der Waals surface area (Å²) in [6.07, 6.45) is 3.35. The minimum atomic E-state index is -0.137. The molecule has 0 aliphatic carbocycles. The van der Waals surface area contributed by atoms with Gasteiger partial charge in [-0.1, -0.05) is 11.3 Å². The van der Waals surface area contributed by atoms with Crippen LogP contribution in [0.25, 0.3) is 0 Å². The van der Waals surface area contributed by atoms with E-state index in [0.29, 0.717) is 24.3 Å². The van der Waals surface area contributed by atoms with Crippen molar-refractivity contribution in [1.82, 2.24) is 20.3 Å². The molecule has 0 unspecified atom stereocenters. The molecule has 18 heavy (non-hydrogen) atoms. The summed E-state index contributed by atoms with van der Waals surface area (Å²) in [6.45, 7) is 2.99. The zero-order chi connectivity index (χ0) is 13.0. The van der Waals surface area contributed by atoms with Crippen molar-refractivity contribution in [2.24, 2.45) is 0 Å². The van der Waals surface area contributed by atoms with Gasteiger partial charge in [0.1, 0.15) is 0 Å². The number of nitrogen functional groups attached to an aromatic ring is 1. The minimum absolute atomic E-state index is 0.137. The molecule has 6 heteroatoms. The average Bonchev–Trinajstić information content (AvgIpc) is 2.85. The van der Waals surface area contributed by atoms with E-state index >= 15 is 0 Å². The van der Waals surface area contributed by atoms with Crippen LogP contribution in [-0.2, 0) is 6.54 Å². The van der Waals surface area contributed by atoms with Gasteiger partial charge in [-0.25, -0.2) is 0 Å². The SMILES string of the molecule is Cc1ccc(C(=O)NCCn2ccnn2)cc1N. The molecule has 1 amide bonds. The number of hydrogen-bond acceptors (Lipinski definition) is 4. The van der Waals surface area contributed by atoms with Crippen LogP contribution in [-0.4, -0.2) is 27.4 Å². The molecular formula is C12H15N5O. The van der Waals surface area contributed by atoms with Gasteiger partial charge in [0, 0.05) is 24.0 Å². The van der Waals surface area contributed by atoms with Crippen LogP contribution < -0.4 is 11.1 Å². The monoisotopic (exact) mass is 245 g/mol. The minimum Gasteiger partial charge on any atom is -0.398 e. The molecule has 2 rings (SSSR count). The van der Waals surface area contributed by atoms with Crippen LogP contribution in [0.15, 0.2) is 30.6 Å². The molecule has 0 bridgehead atoms. The Kier molecular flexibility index (Phi) is 3.57. The number of benzene rings is 1. The third kappa shape index (κ3) is 2.85. The second-order valence-corrected chi connectivity index (χ2v) is 3.99. The second kappa shape index (κ2) is 5.31. The summed E-state index contributed by atoms with van der Waals surface area (Å²) in [6, 6.07) is 5.28. The van der Waals surface area contributed by atoms with Gasteiger partial charge in [0.25, 0.3) is 5.91 Å². The fraction of sp³-hybridized carbons (Fsp3) is 0.250. The molecule has 0 spiro atoms. The van der Waals surface area contributed by atoms with Crippen LogP contribution in [0.5, 0.6) is 0 Å². The van der Waals surface area contributed by atoms with Crippen LogP contribution in [0.3, 0.4) is 0 Å². The predicted octanol–water partition coefficient (Wildman–Crippen LogP) is 0.599. The van der Waals surface area contributed by atoms with E-state index < -0.39 is 0 Å². The number of nitrogens with two attached hydrogens (primary N) is 1. The van der Waals surface area contributed by atoms with E-state index in [-0.39, 0.29) is 5.91 Å². The van der Waals surface area contributed by atoms with Crippen molar-refractivity contribution in [3.8, 4) is 0 Å². The van der Waals surface area contributed by atoms with Crippen LogP contribution in [0.2, 0.25) is 0 Å². The number of amides is 1. The number of rotatable bonds is 4. The zero-order valence-electron chi connectivity index (χ0n) is 10.1. The highest BCUT2D eigenvalue weighted by atomic mass is 16.1. The van der Waals surface area contributed by atoms with Gasteiger partial charge in [0.2, 0.25) is 0 Å². The number of aromatic nitrogens is 3. The van der Waals surface area contributed by atoms with Crippen molar-refractivity contribution in [3.63, 3.8) is 0 Å². The van der Waals surface area contributed by atoms with E-state index in [0.717, 1.165) is 5.56 Å². The first-order chi connectivity index (χ1) is 8.66. The molecule has 0 aliphatic rings. The van der Waals surface area contributed by atoms with E-state index in [4.69, 9.17) is 5.73 Å². The van der Waals surface area contributed by atoms with E-state index in [1.54, 1.807) is 29.2 Å². The van der Waals surface area contributed by atoms with Crippen LogP contribution in [0.1, 0.15) is 15.9 Å². The molecular weight excluding hydrogens is 230 g/mol. The van der Waals surface area contributed by atoms with Crippen LogP contribution in [0.4, 0.5) is 5.69 Å². The van der Waals surface area contributed by atoms with Gasteiger partial charge in [0.05, 0.1) is 12.7 Å². The summed E-state index contributed by atoms with van der Waals surface area (Å²) in [5.41, 5.74) is 7.92. The van der Waals surface area contributed by atoms with Crippen molar-refractivity contribution in [2.45, 2.75) is 13.5 Å². The lowest BCUT2D eigenvalue weighted by molar-refractivity contribution is 0.0952. The van der Waals surface area contributed by atoms with Gasteiger partial charge in [-0.05, 0) is 24.6 Å². The number of carbonyl (C=O) groups excluding carboxylic acids is 1. The zero-order valence-corrected chi connectivity index (χ0v) is 10.1.